The molecule has 1 aliphatic carbocycles. The molecule has 3 atom stereocenters. The van der Waals surface area contributed by atoms with Gasteiger partial charge in [0.1, 0.15) is 0 Å². The Hall–Kier alpha value is -0.0800. The van der Waals surface area contributed by atoms with Crippen molar-refractivity contribution in [2.45, 2.75) is 34.6 Å². The van der Waals surface area contributed by atoms with Crippen molar-refractivity contribution in [3.05, 3.63) is 0 Å². The molecule has 1 heterocycles. The van der Waals surface area contributed by atoms with E-state index in [0.717, 1.165) is 24.3 Å². The molecule has 0 aromatic rings. The Morgan fingerprint density at radius 2 is 1.56 bits per heavy atom. The van der Waals surface area contributed by atoms with E-state index in [1.807, 2.05) is 0 Å². The van der Waals surface area contributed by atoms with Crippen LogP contribution < -0.4 is 0 Å². The van der Waals surface area contributed by atoms with E-state index < -0.39 is 0 Å². The zero-order valence-electron chi connectivity index (χ0n) is 11.5. The van der Waals surface area contributed by atoms with Gasteiger partial charge in [0.05, 0.1) is 0 Å². The van der Waals surface area contributed by atoms with E-state index in [-0.39, 0.29) is 5.41 Å². The van der Waals surface area contributed by atoms with Crippen LogP contribution in [0.15, 0.2) is 0 Å². The van der Waals surface area contributed by atoms with Gasteiger partial charge >= 0.3 is 0 Å². The Balaban J connectivity index is 1.83. The Labute approximate surface area is 100 Å². The van der Waals surface area contributed by atoms with Gasteiger partial charge in [0, 0.05) is 31.7 Å². The Bertz CT molecular complexity index is 254. The van der Waals surface area contributed by atoms with Crippen LogP contribution in [-0.2, 0) is 0 Å². The minimum Gasteiger partial charge on any atom is -0.396 e. The Kier molecular flexibility index (Phi) is 2.87. The fourth-order valence-corrected chi connectivity index (χ4v) is 3.68. The Morgan fingerprint density at radius 3 is 1.94 bits per heavy atom. The van der Waals surface area contributed by atoms with Gasteiger partial charge in [-0.05, 0) is 23.2 Å². The lowest BCUT2D eigenvalue weighted by molar-refractivity contribution is 0.101. The predicted octanol–water partition coefficient (Wildman–Crippen LogP) is 2.23. The van der Waals surface area contributed by atoms with Crippen LogP contribution >= 0.6 is 0 Å². The molecule has 0 radical (unpaired) electrons. The van der Waals surface area contributed by atoms with Crippen molar-refractivity contribution < 1.29 is 5.11 Å². The first-order valence-electron chi connectivity index (χ1n) is 6.58. The maximum absolute atomic E-state index is 9.29. The fourth-order valence-electron chi connectivity index (χ4n) is 3.68. The van der Waals surface area contributed by atoms with Gasteiger partial charge in [0.15, 0.2) is 0 Å². The van der Waals surface area contributed by atoms with Crippen molar-refractivity contribution in [2.75, 3.05) is 26.2 Å². The molecule has 0 bridgehead atoms. The van der Waals surface area contributed by atoms with Gasteiger partial charge in [-0.1, -0.05) is 34.6 Å². The van der Waals surface area contributed by atoms with E-state index in [2.05, 4.69) is 39.5 Å². The second kappa shape index (κ2) is 3.71. The van der Waals surface area contributed by atoms with Gasteiger partial charge in [-0.2, -0.15) is 0 Å². The van der Waals surface area contributed by atoms with Crippen molar-refractivity contribution in [3.8, 4) is 0 Å². The average molecular weight is 225 g/mol. The van der Waals surface area contributed by atoms with Crippen LogP contribution in [0, 0.1) is 28.6 Å². The number of nitrogens with zero attached hydrogens (tertiary/aromatic N) is 1. The largest absolute Gasteiger partial charge is 0.396 e. The smallest absolute Gasteiger partial charge is 0.0494 e. The van der Waals surface area contributed by atoms with Crippen LogP contribution in [0.5, 0.6) is 0 Å². The van der Waals surface area contributed by atoms with Crippen LogP contribution in [0.3, 0.4) is 0 Å². The van der Waals surface area contributed by atoms with Crippen molar-refractivity contribution >= 4 is 0 Å². The number of hydrogen-bond acceptors (Lipinski definition) is 2. The molecule has 1 N–H and O–H groups in total. The first-order valence-corrected chi connectivity index (χ1v) is 6.58. The molecule has 94 valence electrons. The fraction of sp³-hybridized carbons (Fsp3) is 1.00. The lowest BCUT2D eigenvalue weighted by atomic mass is 9.86. The molecule has 0 aromatic carbocycles. The van der Waals surface area contributed by atoms with E-state index in [1.165, 1.54) is 13.1 Å². The maximum atomic E-state index is 9.29. The highest BCUT2D eigenvalue weighted by Gasteiger charge is 2.59. The zero-order valence-corrected chi connectivity index (χ0v) is 11.5. The van der Waals surface area contributed by atoms with Gasteiger partial charge in [-0.15, -0.1) is 0 Å². The molecular formula is C14H27NO. The quantitative estimate of drug-likeness (QED) is 0.796. The lowest BCUT2D eigenvalue weighted by Crippen LogP contribution is -2.37. The monoisotopic (exact) mass is 225 g/mol. The van der Waals surface area contributed by atoms with Gasteiger partial charge in [0.25, 0.3) is 0 Å². The topological polar surface area (TPSA) is 23.5 Å². The standard InChI is InChI=1S/C14H27NO/c1-13(2,3)12-10-6-15(7-11(10)12)8-14(4,5)9-16/h10-12,16H,6-9H2,1-5H3/t10-,11?,12?/m1/s1. The first kappa shape index (κ1) is 12.4. The van der Waals surface area contributed by atoms with Gasteiger partial charge in [0.2, 0.25) is 0 Å². The number of likely N-dealkylation sites (tertiary alicyclic amines) is 1. The van der Waals surface area contributed by atoms with Crippen LogP contribution in [0.2, 0.25) is 0 Å². The molecule has 0 amide bonds. The summed E-state index contributed by atoms with van der Waals surface area (Å²) in [4.78, 5) is 2.55. The third kappa shape index (κ3) is 2.28. The second-order valence-corrected chi connectivity index (χ2v) is 7.74. The summed E-state index contributed by atoms with van der Waals surface area (Å²) in [6, 6.07) is 0. The SMILES string of the molecule is CC(C)(CO)CN1CC2C(C(C)(C)C)[C@@H]2C1. The molecule has 0 spiro atoms. The summed E-state index contributed by atoms with van der Waals surface area (Å²) in [6.07, 6.45) is 0. The van der Waals surface area contributed by atoms with Crippen molar-refractivity contribution in [1.29, 1.82) is 0 Å². The molecule has 1 saturated carbocycles. The van der Waals surface area contributed by atoms with Crippen molar-refractivity contribution in [1.82, 2.24) is 4.90 Å². The van der Waals surface area contributed by atoms with Crippen LogP contribution in [0.25, 0.3) is 0 Å². The van der Waals surface area contributed by atoms with Gasteiger partial charge < -0.3 is 10.0 Å². The molecule has 2 aliphatic rings. The van der Waals surface area contributed by atoms with Crippen LogP contribution in [0.1, 0.15) is 34.6 Å². The molecule has 2 unspecified atom stereocenters. The number of fused-ring (bicyclic) bond motifs is 1. The third-order valence-corrected chi connectivity index (χ3v) is 4.35. The predicted molar refractivity (Wildman–Crippen MR) is 67.2 cm³/mol. The number of aliphatic hydroxyl groups excluding tert-OH is 1. The molecule has 2 rings (SSSR count). The van der Waals surface area contributed by atoms with Crippen molar-refractivity contribution in [3.63, 3.8) is 0 Å². The van der Waals surface area contributed by atoms with Crippen LogP contribution in [-0.4, -0.2) is 36.2 Å². The summed E-state index contributed by atoms with van der Waals surface area (Å²) >= 11 is 0. The number of piperidine rings is 1. The molecule has 16 heavy (non-hydrogen) atoms. The summed E-state index contributed by atoms with van der Waals surface area (Å²) < 4.78 is 0. The highest BCUT2D eigenvalue weighted by Crippen LogP contribution is 2.59. The zero-order chi connectivity index (χ0) is 12.1. The summed E-state index contributed by atoms with van der Waals surface area (Å²) in [5, 5.41) is 9.29. The van der Waals surface area contributed by atoms with Gasteiger partial charge in [-0.3, -0.25) is 0 Å². The minimum absolute atomic E-state index is 0.0635. The van der Waals surface area contributed by atoms with Crippen molar-refractivity contribution in [2.24, 2.45) is 28.6 Å². The van der Waals surface area contributed by atoms with E-state index in [9.17, 15) is 5.11 Å². The average Bonchev–Trinajstić information content (AvgIpc) is 2.65. The second-order valence-electron chi connectivity index (χ2n) is 7.74. The molecule has 2 nitrogen and oxygen atoms in total. The first-order chi connectivity index (χ1) is 7.24. The number of hydrogen-bond donors (Lipinski definition) is 1. The molecule has 0 aromatic heterocycles. The molecule has 2 fully saturated rings. The number of aliphatic hydroxyl groups is 1. The van der Waals surface area contributed by atoms with Crippen LogP contribution in [0.4, 0.5) is 0 Å². The molecular weight excluding hydrogens is 198 g/mol. The number of rotatable bonds is 3. The van der Waals surface area contributed by atoms with E-state index in [0.29, 0.717) is 12.0 Å². The van der Waals surface area contributed by atoms with Gasteiger partial charge in [-0.25, -0.2) is 0 Å². The maximum Gasteiger partial charge on any atom is 0.0494 e. The molecule has 1 saturated heterocycles. The molecule has 1 aliphatic heterocycles. The third-order valence-electron chi connectivity index (χ3n) is 4.35. The van der Waals surface area contributed by atoms with E-state index in [1.54, 1.807) is 0 Å². The highest BCUT2D eigenvalue weighted by molar-refractivity contribution is 5.09. The Morgan fingerprint density at radius 1 is 1.06 bits per heavy atom. The lowest BCUT2D eigenvalue weighted by Gasteiger charge is -2.31. The highest BCUT2D eigenvalue weighted by atomic mass is 16.3. The summed E-state index contributed by atoms with van der Waals surface area (Å²) in [5.41, 5.74) is 0.557. The minimum atomic E-state index is 0.0635. The summed E-state index contributed by atoms with van der Waals surface area (Å²) in [6.45, 7) is 15.3. The van der Waals surface area contributed by atoms with E-state index >= 15 is 0 Å². The van der Waals surface area contributed by atoms with E-state index in [4.69, 9.17) is 0 Å². The summed E-state index contributed by atoms with van der Waals surface area (Å²) in [7, 11) is 0. The summed E-state index contributed by atoms with van der Waals surface area (Å²) in [5.74, 6) is 2.82. The molecule has 2 heteroatoms. The normalized spacial score (nSPS) is 35.2.